The maximum Gasteiger partial charge on any atom is 0.198 e. The Labute approximate surface area is 204 Å². The highest BCUT2D eigenvalue weighted by Crippen LogP contribution is 2.41. The van der Waals surface area contributed by atoms with Gasteiger partial charge in [-0.15, -0.1) is 0 Å². The molecule has 1 N–H and O–H groups in total. The van der Waals surface area contributed by atoms with Gasteiger partial charge >= 0.3 is 0 Å². The number of benzene rings is 1. The SMILES string of the molecule is Cn1ccnc1SC1=CC(O)(CCCCOc2ccccc2)/C(=C/CCc2ccncc2)C1=O. The van der Waals surface area contributed by atoms with Crippen molar-refractivity contribution in [1.29, 1.82) is 0 Å². The first-order chi connectivity index (χ1) is 16.5. The molecule has 0 fully saturated rings. The van der Waals surface area contributed by atoms with Gasteiger partial charge in [0.05, 0.1) is 11.5 Å². The molecule has 34 heavy (non-hydrogen) atoms. The number of ether oxygens (including phenoxy) is 1. The number of aromatic nitrogens is 3. The van der Waals surface area contributed by atoms with E-state index in [4.69, 9.17) is 4.74 Å². The van der Waals surface area contributed by atoms with E-state index in [0.29, 0.717) is 29.9 Å². The number of hydrogen-bond donors (Lipinski definition) is 1. The van der Waals surface area contributed by atoms with Gasteiger partial charge in [-0.25, -0.2) is 4.98 Å². The minimum Gasteiger partial charge on any atom is -0.494 e. The average Bonchev–Trinajstić information content (AvgIpc) is 3.36. The van der Waals surface area contributed by atoms with Crippen LogP contribution in [-0.4, -0.2) is 37.6 Å². The third-order valence-corrected chi connectivity index (χ3v) is 6.88. The second-order valence-electron chi connectivity index (χ2n) is 8.32. The lowest BCUT2D eigenvalue weighted by atomic mass is 9.89. The Morgan fingerprint density at radius 2 is 1.91 bits per heavy atom. The van der Waals surface area contributed by atoms with Gasteiger partial charge in [-0.05, 0) is 79.8 Å². The number of thioether (sulfide) groups is 1. The van der Waals surface area contributed by atoms with Gasteiger partial charge < -0.3 is 14.4 Å². The van der Waals surface area contributed by atoms with Crippen LogP contribution < -0.4 is 4.74 Å². The molecule has 0 saturated carbocycles. The number of pyridine rings is 1. The number of aryl methyl sites for hydroxylation is 2. The molecule has 2 heterocycles. The molecule has 0 radical (unpaired) electrons. The van der Waals surface area contributed by atoms with E-state index in [2.05, 4.69) is 9.97 Å². The summed E-state index contributed by atoms with van der Waals surface area (Å²) in [7, 11) is 1.89. The normalized spacial score (nSPS) is 18.9. The number of imidazole rings is 1. The Hall–Kier alpha value is -3.16. The number of allylic oxidation sites excluding steroid dienone is 2. The molecule has 0 aliphatic heterocycles. The number of carbonyl (C=O) groups is 1. The summed E-state index contributed by atoms with van der Waals surface area (Å²) in [6, 6.07) is 13.6. The van der Waals surface area contributed by atoms with Gasteiger partial charge in [0.25, 0.3) is 0 Å². The molecular formula is C27H29N3O3S. The highest BCUT2D eigenvalue weighted by atomic mass is 32.2. The van der Waals surface area contributed by atoms with Crippen molar-refractivity contribution in [3.63, 3.8) is 0 Å². The van der Waals surface area contributed by atoms with Crippen LogP contribution in [0.15, 0.2) is 95.0 Å². The van der Waals surface area contributed by atoms with Crippen LogP contribution >= 0.6 is 11.8 Å². The number of rotatable bonds is 11. The molecule has 176 valence electrons. The third-order valence-electron chi connectivity index (χ3n) is 5.78. The standard InChI is InChI=1S/C27H29N3O3S/c1-30-18-17-29-26(30)34-24-20-27(32,14-5-6-19-33-22-9-3-2-4-10-22)23(25(24)31)11-7-8-21-12-15-28-16-13-21/h2-4,9-13,15-18,20,32H,5-8,14,19H2,1H3/b23-11+. The molecule has 6 nitrogen and oxygen atoms in total. The van der Waals surface area contributed by atoms with Crippen molar-refractivity contribution in [3.05, 3.63) is 95.4 Å². The minimum atomic E-state index is -1.28. The van der Waals surface area contributed by atoms with Gasteiger partial charge in [0, 0.05) is 37.4 Å². The zero-order valence-electron chi connectivity index (χ0n) is 19.3. The zero-order chi connectivity index (χ0) is 23.8. The summed E-state index contributed by atoms with van der Waals surface area (Å²) in [5.74, 6) is 0.716. The topological polar surface area (TPSA) is 77.2 Å². The molecular weight excluding hydrogens is 446 g/mol. The largest absolute Gasteiger partial charge is 0.494 e. The molecule has 1 unspecified atom stereocenters. The Morgan fingerprint density at radius 3 is 2.65 bits per heavy atom. The fourth-order valence-electron chi connectivity index (χ4n) is 3.93. The van der Waals surface area contributed by atoms with Crippen molar-refractivity contribution in [2.24, 2.45) is 7.05 Å². The summed E-state index contributed by atoms with van der Waals surface area (Å²) in [5.41, 5.74) is 0.326. The summed E-state index contributed by atoms with van der Waals surface area (Å²) in [4.78, 5) is 22.2. The summed E-state index contributed by atoms with van der Waals surface area (Å²) < 4.78 is 7.64. The van der Waals surface area contributed by atoms with Gasteiger partial charge in [-0.2, -0.15) is 0 Å². The Balaban J connectivity index is 1.42. The fourth-order valence-corrected chi connectivity index (χ4v) is 4.90. The lowest BCUT2D eigenvalue weighted by Crippen LogP contribution is -2.28. The number of carbonyl (C=O) groups excluding carboxylic acids is 1. The number of para-hydroxylation sites is 1. The minimum absolute atomic E-state index is 0.120. The number of hydrogen-bond acceptors (Lipinski definition) is 6. The van der Waals surface area contributed by atoms with Crippen molar-refractivity contribution in [2.45, 2.75) is 42.9 Å². The van der Waals surface area contributed by atoms with Gasteiger partial charge in [0.1, 0.15) is 11.4 Å². The third kappa shape index (κ3) is 6.04. The van der Waals surface area contributed by atoms with Crippen LogP contribution in [0.1, 0.15) is 31.2 Å². The van der Waals surface area contributed by atoms with Crippen molar-refractivity contribution < 1.29 is 14.6 Å². The molecule has 0 amide bonds. The second kappa shape index (κ2) is 11.3. The highest BCUT2D eigenvalue weighted by Gasteiger charge is 2.41. The predicted octanol–water partition coefficient (Wildman–Crippen LogP) is 4.91. The molecule has 1 aromatic carbocycles. The average molecular weight is 476 g/mol. The number of unbranched alkanes of at least 4 members (excludes halogenated alkanes) is 1. The number of Topliss-reactive ketones (excluding diaryl/α,β-unsaturated/α-hetero) is 1. The molecule has 0 saturated heterocycles. The van der Waals surface area contributed by atoms with E-state index in [0.717, 1.165) is 35.7 Å². The summed E-state index contributed by atoms with van der Waals surface area (Å²) in [6.07, 6.45) is 14.1. The molecule has 2 aromatic heterocycles. The molecule has 1 atom stereocenters. The molecule has 1 aliphatic carbocycles. The van der Waals surface area contributed by atoms with Crippen molar-refractivity contribution >= 4 is 17.5 Å². The summed E-state index contributed by atoms with van der Waals surface area (Å²) in [6.45, 7) is 0.563. The van der Waals surface area contributed by atoms with E-state index in [1.165, 1.54) is 11.8 Å². The molecule has 0 spiro atoms. The Morgan fingerprint density at radius 1 is 1.12 bits per heavy atom. The number of nitrogens with zero attached hydrogens (tertiary/aromatic N) is 3. The van der Waals surface area contributed by atoms with E-state index in [1.54, 1.807) is 24.7 Å². The van der Waals surface area contributed by atoms with E-state index >= 15 is 0 Å². The number of aliphatic hydroxyl groups is 1. The highest BCUT2D eigenvalue weighted by molar-refractivity contribution is 8.03. The van der Waals surface area contributed by atoms with Crippen LogP contribution in [0.2, 0.25) is 0 Å². The quantitative estimate of drug-likeness (QED) is 0.314. The predicted molar refractivity (Wildman–Crippen MR) is 134 cm³/mol. The van der Waals surface area contributed by atoms with Crippen LogP contribution in [0.4, 0.5) is 0 Å². The monoisotopic (exact) mass is 475 g/mol. The zero-order valence-corrected chi connectivity index (χ0v) is 20.1. The van der Waals surface area contributed by atoms with E-state index < -0.39 is 5.60 Å². The smallest absolute Gasteiger partial charge is 0.198 e. The first-order valence-electron chi connectivity index (χ1n) is 11.5. The van der Waals surface area contributed by atoms with Crippen molar-refractivity contribution in [2.75, 3.05) is 6.61 Å². The van der Waals surface area contributed by atoms with E-state index in [1.807, 2.05) is 66.4 Å². The van der Waals surface area contributed by atoms with Gasteiger partial charge in [0.2, 0.25) is 0 Å². The summed E-state index contributed by atoms with van der Waals surface area (Å²) >= 11 is 1.30. The van der Waals surface area contributed by atoms with E-state index in [9.17, 15) is 9.90 Å². The van der Waals surface area contributed by atoms with E-state index in [-0.39, 0.29) is 5.78 Å². The Kier molecular flexibility index (Phi) is 7.98. The molecule has 0 bridgehead atoms. The Bertz CT molecular complexity index is 1160. The van der Waals surface area contributed by atoms with Crippen molar-refractivity contribution in [1.82, 2.24) is 14.5 Å². The lowest BCUT2D eigenvalue weighted by molar-refractivity contribution is -0.112. The first-order valence-corrected chi connectivity index (χ1v) is 12.3. The molecule has 4 rings (SSSR count). The van der Waals surface area contributed by atoms with Crippen LogP contribution in [0.25, 0.3) is 0 Å². The maximum atomic E-state index is 13.3. The van der Waals surface area contributed by atoms with Crippen LogP contribution in [0.5, 0.6) is 5.75 Å². The van der Waals surface area contributed by atoms with Crippen LogP contribution in [-0.2, 0) is 18.3 Å². The summed E-state index contributed by atoms with van der Waals surface area (Å²) in [5, 5.41) is 12.3. The number of ketones is 1. The van der Waals surface area contributed by atoms with Gasteiger partial charge in [-0.3, -0.25) is 9.78 Å². The van der Waals surface area contributed by atoms with Gasteiger partial charge in [-0.1, -0.05) is 24.3 Å². The lowest BCUT2D eigenvalue weighted by Gasteiger charge is -2.22. The first kappa shape index (κ1) is 24.0. The van der Waals surface area contributed by atoms with Crippen LogP contribution in [0.3, 0.4) is 0 Å². The van der Waals surface area contributed by atoms with Gasteiger partial charge in [0.15, 0.2) is 10.9 Å². The molecule has 1 aliphatic rings. The molecule has 3 aromatic rings. The maximum absolute atomic E-state index is 13.3. The second-order valence-corrected chi connectivity index (χ2v) is 9.32. The fraction of sp³-hybridized carbons (Fsp3) is 0.296. The van der Waals surface area contributed by atoms with Crippen LogP contribution in [0, 0.1) is 0 Å². The van der Waals surface area contributed by atoms with Crippen molar-refractivity contribution in [3.8, 4) is 5.75 Å². The molecule has 7 heteroatoms.